The smallest absolute Gasteiger partial charge is 0.0485 e. The Morgan fingerprint density at radius 2 is 1.89 bits per heavy atom. The first-order valence-electron chi connectivity index (χ1n) is 6.71. The molecule has 1 aromatic carbocycles. The second-order valence-electron chi connectivity index (χ2n) is 4.94. The van der Waals surface area contributed by atoms with Crippen molar-refractivity contribution in [2.45, 2.75) is 38.6 Å². The second kappa shape index (κ2) is 5.77. The molecule has 0 bridgehead atoms. The minimum Gasteiger partial charge on any atom is -0.344 e. The summed E-state index contributed by atoms with van der Waals surface area (Å²) < 4.78 is 2.51. The maximum absolute atomic E-state index is 5.65. The number of hydrogen-bond acceptors (Lipinski definition) is 1. The molecule has 0 fully saturated rings. The van der Waals surface area contributed by atoms with Crippen molar-refractivity contribution in [1.82, 2.24) is 4.57 Å². The van der Waals surface area contributed by atoms with Crippen molar-refractivity contribution in [1.29, 1.82) is 0 Å². The molecule has 0 amide bonds. The minimum atomic E-state index is 0. The van der Waals surface area contributed by atoms with E-state index in [1.807, 2.05) is 0 Å². The molecule has 3 rings (SSSR count). The van der Waals surface area contributed by atoms with E-state index < -0.39 is 0 Å². The molecule has 0 radical (unpaired) electrons. The van der Waals surface area contributed by atoms with E-state index >= 15 is 0 Å². The lowest BCUT2D eigenvalue weighted by Crippen LogP contribution is -2.11. The van der Waals surface area contributed by atoms with Gasteiger partial charge in [-0.2, -0.15) is 0 Å². The monoisotopic (exact) mass is 264 g/mol. The maximum Gasteiger partial charge on any atom is 0.0485 e. The Balaban J connectivity index is 0.00000120. The van der Waals surface area contributed by atoms with Gasteiger partial charge in [0.05, 0.1) is 0 Å². The van der Waals surface area contributed by atoms with E-state index in [0.717, 1.165) is 19.5 Å². The summed E-state index contributed by atoms with van der Waals surface area (Å²) in [4.78, 5) is 0. The Labute approximate surface area is 115 Å². The summed E-state index contributed by atoms with van der Waals surface area (Å²) in [7, 11) is 0. The molecule has 0 unspecified atom stereocenters. The van der Waals surface area contributed by atoms with Gasteiger partial charge >= 0.3 is 0 Å². The molecular formula is C15H21ClN2. The van der Waals surface area contributed by atoms with Crippen molar-refractivity contribution in [3.05, 3.63) is 35.5 Å². The molecule has 3 heteroatoms. The Morgan fingerprint density at radius 1 is 1.11 bits per heavy atom. The van der Waals surface area contributed by atoms with Crippen molar-refractivity contribution in [2.75, 3.05) is 6.54 Å². The van der Waals surface area contributed by atoms with Crippen LogP contribution in [0, 0.1) is 0 Å². The molecule has 0 aliphatic heterocycles. The average Bonchev–Trinajstić information content (AvgIpc) is 2.71. The first-order valence-corrected chi connectivity index (χ1v) is 6.71. The number of aryl methyl sites for hydroxylation is 2. The molecular weight excluding hydrogens is 244 g/mol. The van der Waals surface area contributed by atoms with Crippen molar-refractivity contribution in [2.24, 2.45) is 5.73 Å². The van der Waals surface area contributed by atoms with Crippen LogP contribution in [-0.4, -0.2) is 11.1 Å². The molecule has 1 aromatic heterocycles. The lowest BCUT2D eigenvalue weighted by atomic mass is 9.95. The summed E-state index contributed by atoms with van der Waals surface area (Å²) in [5.74, 6) is 0. The van der Waals surface area contributed by atoms with Gasteiger partial charge in [-0.1, -0.05) is 18.2 Å². The molecule has 2 aromatic rings. The highest BCUT2D eigenvalue weighted by Crippen LogP contribution is 2.32. The van der Waals surface area contributed by atoms with Gasteiger partial charge < -0.3 is 10.3 Å². The molecule has 1 heterocycles. The fourth-order valence-corrected chi connectivity index (χ4v) is 3.09. The van der Waals surface area contributed by atoms with Crippen LogP contribution in [0.15, 0.2) is 24.3 Å². The molecule has 1 aliphatic rings. The average molecular weight is 265 g/mol. The summed E-state index contributed by atoms with van der Waals surface area (Å²) >= 11 is 0. The number of fused-ring (bicyclic) bond motifs is 3. The van der Waals surface area contributed by atoms with Crippen molar-refractivity contribution < 1.29 is 0 Å². The highest BCUT2D eigenvalue weighted by Gasteiger charge is 2.18. The molecule has 2 nitrogen and oxygen atoms in total. The van der Waals surface area contributed by atoms with Gasteiger partial charge in [0.15, 0.2) is 0 Å². The van der Waals surface area contributed by atoms with Crippen LogP contribution in [-0.2, 0) is 19.4 Å². The zero-order valence-electron chi connectivity index (χ0n) is 10.7. The fraction of sp³-hybridized carbons (Fsp3) is 0.467. The minimum absolute atomic E-state index is 0. The van der Waals surface area contributed by atoms with Gasteiger partial charge in [-0.15, -0.1) is 12.4 Å². The number of rotatable bonds is 3. The number of halogens is 1. The van der Waals surface area contributed by atoms with Crippen LogP contribution in [0.1, 0.15) is 30.5 Å². The summed E-state index contributed by atoms with van der Waals surface area (Å²) in [6.45, 7) is 1.85. The standard InChI is InChI=1S/C15H20N2.ClH/c16-10-5-11-17-14-8-3-1-6-12(14)13-7-2-4-9-15(13)17;/h1,3,6,8H,2,4-5,7,9-11,16H2;1H. The molecule has 98 valence electrons. The molecule has 18 heavy (non-hydrogen) atoms. The number of nitrogens with two attached hydrogens (primary N) is 1. The van der Waals surface area contributed by atoms with Crippen LogP contribution in [0.3, 0.4) is 0 Å². The molecule has 0 spiro atoms. The van der Waals surface area contributed by atoms with Crippen molar-refractivity contribution in [3.63, 3.8) is 0 Å². The third-order valence-electron chi connectivity index (χ3n) is 3.87. The summed E-state index contributed by atoms with van der Waals surface area (Å²) in [6.07, 6.45) is 6.26. The number of benzene rings is 1. The number of hydrogen-bond donors (Lipinski definition) is 1. The van der Waals surface area contributed by atoms with Gasteiger partial charge in [-0.3, -0.25) is 0 Å². The summed E-state index contributed by atoms with van der Waals surface area (Å²) in [5, 5.41) is 1.47. The molecule has 1 aliphatic carbocycles. The Kier molecular flexibility index (Phi) is 4.31. The molecule has 2 N–H and O–H groups in total. The number of para-hydroxylation sites is 1. The van der Waals surface area contributed by atoms with E-state index in [-0.39, 0.29) is 12.4 Å². The second-order valence-corrected chi connectivity index (χ2v) is 4.94. The van der Waals surface area contributed by atoms with E-state index in [4.69, 9.17) is 5.73 Å². The SMILES string of the molecule is Cl.NCCCn1c2c(c3ccccc31)CCCC2. The first kappa shape index (κ1) is 13.4. The van der Waals surface area contributed by atoms with E-state index in [2.05, 4.69) is 28.8 Å². The van der Waals surface area contributed by atoms with E-state index in [0.29, 0.717) is 0 Å². The van der Waals surface area contributed by atoms with Crippen molar-refractivity contribution >= 4 is 23.3 Å². The van der Waals surface area contributed by atoms with E-state index in [1.165, 1.54) is 36.6 Å². The Hall–Kier alpha value is -0.990. The van der Waals surface area contributed by atoms with E-state index in [1.54, 1.807) is 11.3 Å². The molecule has 0 saturated carbocycles. The lowest BCUT2D eigenvalue weighted by Gasteiger charge is -2.15. The number of nitrogens with zero attached hydrogens (tertiary/aromatic N) is 1. The highest BCUT2D eigenvalue weighted by molar-refractivity contribution is 5.86. The van der Waals surface area contributed by atoms with Gasteiger partial charge in [-0.05, 0) is 50.3 Å². The fourth-order valence-electron chi connectivity index (χ4n) is 3.09. The van der Waals surface area contributed by atoms with E-state index in [9.17, 15) is 0 Å². The maximum atomic E-state index is 5.65. The molecule has 0 saturated heterocycles. The third kappa shape index (κ3) is 2.15. The normalized spacial score (nSPS) is 14.3. The zero-order valence-corrected chi connectivity index (χ0v) is 11.5. The Morgan fingerprint density at radius 3 is 2.72 bits per heavy atom. The summed E-state index contributed by atoms with van der Waals surface area (Å²) in [6, 6.07) is 8.83. The predicted molar refractivity (Wildman–Crippen MR) is 79.5 cm³/mol. The quantitative estimate of drug-likeness (QED) is 0.906. The summed E-state index contributed by atoms with van der Waals surface area (Å²) in [5.41, 5.74) is 10.2. The van der Waals surface area contributed by atoms with Gasteiger partial charge in [0, 0.05) is 23.1 Å². The zero-order chi connectivity index (χ0) is 11.7. The highest BCUT2D eigenvalue weighted by atomic mass is 35.5. The largest absolute Gasteiger partial charge is 0.344 e. The predicted octanol–water partition coefficient (Wildman–Crippen LogP) is 3.29. The van der Waals surface area contributed by atoms with Gasteiger partial charge in [-0.25, -0.2) is 0 Å². The lowest BCUT2D eigenvalue weighted by molar-refractivity contribution is 0.596. The van der Waals surface area contributed by atoms with Gasteiger partial charge in [0.2, 0.25) is 0 Å². The topological polar surface area (TPSA) is 30.9 Å². The van der Waals surface area contributed by atoms with Gasteiger partial charge in [0.1, 0.15) is 0 Å². The van der Waals surface area contributed by atoms with Crippen LogP contribution in [0.25, 0.3) is 10.9 Å². The van der Waals surface area contributed by atoms with Crippen molar-refractivity contribution in [3.8, 4) is 0 Å². The Bertz CT molecular complexity index is 531. The third-order valence-corrected chi connectivity index (χ3v) is 3.87. The van der Waals surface area contributed by atoms with Crippen LogP contribution < -0.4 is 5.73 Å². The van der Waals surface area contributed by atoms with Crippen LogP contribution in [0.5, 0.6) is 0 Å². The number of aromatic nitrogens is 1. The first-order chi connectivity index (χ1) is 8.42. The van der Waals surface area contributed by atoms with Gasteiger partial charge in [0.25, 0.3) is 0 Å². The van der Waals surface area contributed by atoms with Crippen LogP contribution in [0.4, 0.5) is 0 Å². The van der Waals surface area contributed by atoms with Crippen LogP contribution >= 0.6 is 12.4 Å². The van der Waals surface area contributed by atoms with Crippen LogP contribution in [0.2, 0.25) is 0 Å². The molecule has 0 atom stereocenters.